The van der Waals surface area contributed by atoms with E-state index in [0.717, 1.165) is 25.0 Å². The SMILES string of the molecule is O=[N+]([O-])c1ccccc1C1O[C@@H](c2cc(C(F)(F)F)nc3c(C(F)(F)F)cccc23)[C@H]2CCCCN12. The van der Waals surface area contributed by atoms with Crippen molar-refractivity contribution in [2.45, 2.75) is 50.0 Å². The van der Waals surface area contributed by atoms with Crippen molar-refractivity contribution >= 4 is 16.6 Å². The minimum atomic E-state index is -5.00. The molecule has 0 aliphatic carbocycles. The molecule has 2 saturated heterocycles. The highest BCUT2D eigenvalue weighted by Gasteiger charge is 2.48. The van der Waals surface area contributed by atoms with Crippen molar-refractivity contribution in [3.8, 4) is 0 Å². The molecule has 2 aromatic carbocycles. The standard InChI is InChI=1S/C24H19F6N3O3/c25-23(26,27)16-8-5-7-13-15(12-19(24(28,29)30)31-20(13)16)21-18-10-3-4-11-32(18)22(36-21)14-6-1-2-9-17(14)33(34)35/h1-2,5-9,12,18,21-22H,3-4,10-11H2/t18-,21+,22?/m1/s1. The predicted octanol–water partition coefficient (Wildman–Crippen LogP) is 6.81. The summed E-state index contributed by atoms with van der Waals surface area (Å²) in [5.41, 5.74) is -3.58. The largest absolute Gasteiger partial charge is 0.433 e. The van der Waals surface area contributed by atoms with Crippen molar-refractivity contribution < 1.29 is 36.0 Å². The van der Waals surface area contributed by atoms with Gasteiger partial charge in [0.15, 0.2) is 0 Å². The summed E-state index contributed by atoms with van der Waals surface area (Å²) in [5, 5.41) is 11.5. The molecular weight excluding hydrogens is 492 g/mol. The van der Waals surface area contributed by atoms with Crippen molar-refractivity contribution in [1.82, 2.24) is 9.88 Å². The molecule has 3 aromatic rings. The number of fused-ring (bicyclic) bond motifs is 2. The lowest BCUT2D eigenvalue weighted by Crippen LogP contribution is -2.38. The third-order valence-electron chi connectivity index (χ3n) is 6.69. The highest BCUT2D eigenvalue weighted by molar-refractivity contribution is 5.86. The molecule has 2 aliphatic heterocycles. The predicted molar refractivity (Wildman–Crippen MR) is 116 cm³/mol. The first-order valence-electron chi connectivity index (χ1n) is 11.2. The van der Waals surface area contributed by atoms with E-state index in [9.17, 15) is 36.5 Å². The van der Waals surface area contributed by atoms with Crippen LogP contribution in [0.5, 0.6) is 0 Å². The molecule has 0 saturated carbocycles. The zero-order chi connectivity index (χ0) is 25.8. The molecule has 12 heteroatoms. The maximum atomic E-state index is 13.8. The third kappa shape index (κ3) is 4.17. The van der Waals surface area contributed by atoms with Crippen LogP contribution in [-0.2, 0) is 17.1 Å². The monoisotopic (exact) mass is 511 g/mol. The number of benzene rings is 2. The smallest absolute Gasteiger partial charge is 0.349 e. The molecule has 2 fully saturated rings. The first-order valence-corrected chi connectivity index (χ1v) is 11.2. The van der Waals surface area contributed by atoms with Crippen molar-refractivity contribution in [3.05, 3.63) is 81.0 Å². The molecular formula is C24H19F6N3O3. The molecule has 1 unspecified atom stereocenters. The second-order valence-electron chi connectivity index (χ2n) is 8.82. The average Bonchev–Trinajstić information content (AvgIpc) is 3.21. The van der Waals surface area contributed by atoms with E-state index in [-0.39, 0.29) is 22.2 Å². The number of alkyl halides is 6. The summed E-state index contributed by atoms with van der Waals surface area (Å²) in [6.45, 7) is 0.473. The number of ether oxygens (including phenoxy) is 1. The molecule has 2 aliphatic rings. The van der Waals surface area contributed by atoms with Crippen LogP contribution in [0.1, 0.15) is 54.0 Å². The number of aromatic nitrogens is 1. The summed E-state index contributed by atoms with van der Waals surface area (Å²) < 4.78 is 88.6. The molecule has 6 nitrogen and oxygen atoms in total. The number of para-hydroxylation sites is 2. The number of nitro benzene ring substituents is 1. The summed E-state index contributed by atoms with van der Waals surface area (Å²) >= 11 is 0. The van der Waals surface area contributed by atoms with Crippen LogP contribution in [-0.4, -0.2) is 27.4 Å². The van der Waals surface area contributed by atoms with Gasteiger partial charge in [-0.2, -0.15) is 26.3 Å². The minimum Gasteiger partial charge on any atom is -0.349 e. The van der Waals surface area contributed by atoms with Gasteiger partial charge in [-0.3, -0.25) is 15.0 Å². The third-order valence-corrected chi connectivity index (χ3v) is 6.69. The van der Waals surface area contributed by atoms with Gasteiger partial charge in [0.2, 0.25) is 0 Å². The second kappa shape index (κ2) is 8.70. The molecule has 0 amide bonds. The first-order chi connectivity index (χ1) is 17.0. The lowest BCUT2D eigenvalue weighted by atomic mass is 9.91. The number of rotatable bonds is 3. The number of nitrogens with zero attached hydrogens (tertiary/aromatic N) is 3. The van der Waals surface area contributed by atoms with E-state index in [1.165, 1.54) is 24.3 Å². The van der Waals surface area contributed by atoms with Gasteiger partial charge in [-0.1, -0.05) is 30.7 Å². The zero-order valence-electron chi connectivity index (χ0n) is 18.5. The number of nitro groups is 1. The van der Waals surface area contributed by atoms with Gasteiger partial charge in [-0.05, 0) is 36.6 Å². The summed E-state index contributed by atoms with van der Waals surface area (Å²) in [6, 6.07) is 9.28. The fraction of sp³-hybridized carbons (Fsp3) is 0.375. The van der Waals surface area contributed by atoms with Crippen LogP contribution < -0.4 is 0 Å². The molecule has 0 radical (unpaired) electrons. The lowest BCUT2D eigenvalue weighted by molar-refractivity contribution is -0.386. The molecule has 1 aromatic heterocycles. The topological polar surface area (TPSA) is 68.5 Å². The number of pyridine rings is 1. The van der Waals surface area contributed by atoms with Crippen LogP contribution in [0, 0.1) is 10.1 Å². The molecule has 3 atom stereocenters. The number of halogens is 6. The molecule has 3 heterocycles. The van der Waals surface area contributed by atoms with E-state index in [2.05, 4.69) is 4.98 Å². The Morgan fingerprint density at radius 1 is 0.972 bits per heavy atom. The number of hydrogen-bond donors (Lipinski definition) is 0. The number of piperidine rings is 1. The van der Waals surface area contributed by atoms with Crippen LogP contribution in [0.15, 0.2) is 48.5 Å². The van der Waals surface area contributed by atoms with Gasteiger partial charge in [0.05, 0.1) is 21.6 Å². The Balaban J connectivity index is 1.71. The lowest BCUT2D eigenvalue weighted by Gasteiger charge is -2.33. The molecule has 0 bridgehead atoms. The van der Waals surface area contributed by atoms with Crippen LogP contribution >= 0.6 is 0 Å². The van der Waals surface area contributed by atoms with E-state index >= 15 is 0 Å². The van der Waals surface area contributed by atoms with Gasteiger partial charge < -0.3 is 4.74 Å². The average molecular weight is 511 g/mol. The highest BCUT2D eigenvalue weighted by atomic mass is 19.4. The van der Waals surface area contributed by atoms with E-state index < -0.39 is 52.4 Å². The minimum absolute atomic E-state index is 0.0728. The van der Waals surface area contributed by atoms with Crippen LogP contribution in [0.25, 0.3) is 10.9 Å². The van der Waals surface area contributed by atoms with E-state index in [0.29, 0.717) is 19.0 Å². The van der Waals surface area contributed by atoms with E-state index in [1.54, 1.807) is 6.07 Å². The highest BCUT2D eigenvalue weighted by Crippen LogP contribution is 2.50. The van der Waals surface area contributed by atoms with Gasteiger partial charge in [0.1, 0.15) is 18.0 Å². The second-order valence-corrected chi connectivity index (χ2v) is 8.82. The van der Waals surface area contributed by atoms with Gasteiger partial charge >= 0.3 is 12.4 Å². The normalized spacial score (nSPS) is 23.1. The molecule has 0 N–H and O–H groups in total. The van der Waals surface area contributed by atoms with Crippen LogP contribution in [0.4, 0.5) is 32.0 Å². The Kier molecular flexibility index (Phi) is 5.91. The Morgan fingerprint density at radius 3 is 2.42 bits per heavy atom. The summed E-state index contributed by atoms with van der Waals surface area (Å²) in [7, 11) is 0. The molecule has 36 heavy (non-hydrogen) atoms. The van der Waals surface area contributed by atoms with Crippen molar-refractivity contribution in [2.75, 3.05) is 6.54 Å². The van der Waals surface area contributed by atoms with Crippen molar-refractivity contribution in [1.29, 1.82) is 0 Å². The fourth-order valence-corrected chi connectivity index (χ4v) is 5.18. The fourth-order valence-electron chi connectivity index (χ4n) is 5.18. The van der Waals surface area contributed by atoms with Gasteiger partial charge in [-0.25, -0.2) is 4.98 Å². The Morgan fingerprint density at radius 2 is 1.72 bits per heavy atom. The van der Waals surface area contributed by atoms with Crippen molar-refractivity contribution in [2.24, 2.45) is 0 Å². The van der Waals surface area contributed by atoms with Crippen molar-refractivity contribution in [3.63, 3.8) is 0 Å². The molecule has 0 spiro atoms. The Labute approximate surface area is 200 Å². The first kappa shape index (κ1) is 24.4. The van der Waals surface area contributed by atoms with E-state index in [4.69, 9.17) is 4.74 Å². The summed E-state index contributed by atoms with van der Waals surface area (Å²) in [5.74, 6) is 0. The summed E-state index contributed by atoms with van der Waals surface area (Å²) in [6.07, 6.45) is -9.93. The van der Waals surface area contributed by atoms with Crippen LogP contribution in [0.3, 0.4) is 0 Å². The maximum absolute atomic E-state index is 13.8. The zero-order valence-corrected chi connectivity index (χ0v) is 18.5. The van der Waals surface area contributed by atoms with Gasteiger partial charge in [-0.15, -0.1) is 0 Å². The number of hydrogen-bond acceptors (Lipinski definition) is 5. The van der Waals surface area contributed by atoms with Gasteiger partial charge in [0, 0.05) is 24.0 Å². The maximum Gasteiger partial charge on any atom is 0.433 e. The Bertz CT molecular complexity index is 1330. The van der Waals surface area contributed by atoms with E-state index in [1.807, 2.05) is 4.90 Å². The van der Waals surface area contributed by atoms with Gasteiger partial charge in [0.25, 0.3) is 5.69 Å². The van der Waals surface area contributed by atoms with Crippen LogP contribution in [0.2, 0.25) is 0 Å². The molecule has 190 valence electrons. The Hall–Kier alpha value is -3.25. The molecule has 5 rings (SSSR count). The quantitative estimate of drug-likeness (QED) is 0.220. The summed E-state index contributed by atoms with van der Waals surface area (Å²) in [4.78, 5) is 16.3.